The second kappa shape index (κ2) is 7.45. The summed E-state index contributed by atoms with van der Waals surface area (Å²) in [6.07, 6.45) is 8.01. The van der Waals surface area contributed by atoms with Crippen molar-refractivity contribution in [1.29, 1.82) is 0 Å². The number of Topliss-reactive ketones (excluding diaryl/α,β-unsaturated/α-hetero) is 1. The van der Waals surface area contributed by atoms with Gasteiger partial charge in [-0.15, -0.1) is 0 Å². The van der Waals surface area contributed by atoms with Crippen molar-refractivity contribution in [3.63, 3.8) is 0 Å². The molecule has 1 aliphatic carbocycles. The van der Waals surface area contributed by atoms with Crippen molar-refractivity contribution in [2.75, 3.05) is 10.6 Å². The molecule has 1 saturated carbocycles. The monoisotopic (exact) mass is 324 g/mol. The maximum Gasteiger partial charge on any atom is 0.161 e. The molecule has 0 saturated heterocycles. The molecular weight excluding hydrogens is 300 g/mol. The van der Waals surface area contributed by atoms with Gasteiger partial charge in [-0.25, -0.2) is 0 Å². The van der Waals surface area contributed by atoms with Gasteiger partial charge in [0.05, 0.1) is 17.6 Å². The van der Waals surface area contributed by atoms with E-state index in [9.17, 15) is 4.79 Å². The van der Waals surface area contributed by atoms with E-state index in [2.05, 4.69) is 15.6 Å². The highest BCUT2D eigenvalue weighted by atomic mass is 16.1. The first-order valence-electron chi connectivity index (χ1n) is 8.47. The van der Waals surface area contributed by atoms with Crippen molar-refractivity contribution in [3.05, 3.63) is 48.3 Å². The summed E-state index contributed by atoms with van der Waals surface area (Å²) < 4.78 is 0. The van der Waals surface area contributed by atoms with Gasteiger partial charge in [-0.3, -0.25) is 9.78 Å². The smallest absolute Gasteiger partial charge is 0.161 e. The van der Waals surface area contributed by atoms with Gasteiger partial charge < -0.3 is 16.4 Å². The number of carbonyl (C=O) groups excluding carboxylic acids is 1. The molecule has 24 heavy (non-hydrogen) atoms. The second-order valence-corrected chi connectivity index (χ2v) is 6.38. The van der Waals surface area contributed by atoms with E-state index in [0.29, 0.717) is 5.56 Å². The van der Waals surface area contributed by atoms with E-state index in [4.69, 9.17) is 5.73 Å². The molecule has 0 amide bonds. The van der Waals surface area contributed by atoms with Crippen molar-refractivity contribution in [2.45, 2.75) is 44.7 Å². The van der Waals surface area contributed by atoms with Crippen LogP contribution in [0, 0.1) is 0 Å². The number of carbonyl (C=O) groups is 1. The van der Waals surface area contributed by atoms with Crippen LogP contribution in [0.5, 0.6) is 0 Å². The van der Waals surface area contributed by atoms with Crippen molar-refractivity contribution < 1.29 is 4.79 Å². The Morgan fingerprint density at radius 3 is 2.75 bits per heavy atom. The number of rotatable bonds is 5. The van der Waals surface area contributed by atoms with Gasteiger partial charge in [0, 0.05) is 29.5 Å². The summed E-state index contributed by atoms with van der Waals surface area (Å²) in [6, 6.07) is 10.0. The summed E-state index contributed by atoms with van der Waals surface area (Å²) in [4.78, 5) is 16.0. The average molecular weight is 324 g/mol. The fraction of sp³-hybridized carbons (Fsp3) is 0.368. The highest BCUT2D eigenvalue weighted by Gasteiger charge is 2.21. The fourth-order valence-electron chi connectivity index (χ4n) is 3.19. The Morgan fingerprint density at radius 1 is 1.21 bits per heavy atom. The Hall–Kier alpha value is -2.40. The largest absolute Gasteiger partial charge is 0.381 e. The number of ketones is 1. The van der Waals surface area contributed by atoms with Gasteiger partial charge in [-0.1, -0.05) is 12.8 Å². The average Bonchev–Trinajstić information content (AvgIpc) is 2.58. The van der Waals surface area contributed by atoms with Gasteiger partial charge in [0.1, 0.15) is 0 Å². The highest BCUT2D eigenvalue weighted by molar-refractivity contribution is 6.00. The molecule has 5 heteroatoms. The standard InChI is InChI=1S/C19H24N4O/c1-13(24)16-9-8-14(22-18-7-3-2-6-17(18)20)11-19(16)23-15-5-4-10-21-12-15/h4-5,8-12,17-18,22-23H,2-3,6-7,20H2,1H3/t17-,18+/m0/s1. The predicted molar refractivity (Wildman–Crippen MR) is 97.8 cm³/mol. The van der Waals surface area contributed by atoms with Crippen molar-refractivity contribution in [2.24, 2.45) is 5.73 Å². The molecule has 0 aliphatic heterocycles. The Balaban J connectivity index is 1.83. The summed E-state index contributed by atoms with van der Waals surface area (Å²) in [5, 5.41) is 6.82. The van der Waals surface area contributed by atoms with Crippen LogP contribution in [0.2, 0.25) is 0 Å². The van der Waals surface area contributed by atoms with Gasteiger partial charge in [-0.05, 0) is 50.1 Å². The lowest BCUT2D eigenvalue weighted by Gasteiger charge is -2.30. The molecule has 3 rings (SSSR count). The molecule has 1 fully saturated rings. The molecule has 2 aromatic rings. The zero-order valence-corrected chi connectivity index (χ0v) is 14.0. The molecular formula is C19H24N4O. The number of anilines is 3. The minimum absolute atomic E-state index is 0.0299. The molecule has 4 N–H and O–H groups in total. The van der Waals surface area contributed by atoms with Gasteiger partial charge >= 0.3 is 0 Å². The number of pyridine rings is 1. The van der Waals surface area contributed by atoms with E-state index >= 15 is 0 Å². The van der Waals surface area contributed by atoms with Gasteiger partial charge in [0.2, 0.25) is 0 Å². The van der Waals surface area contributed by atoms with Gasteiger partial charge in [0.15, 0.2) is 5.78 Å². The molecule has 5 nitrogen and oxygen atoms in total. The van der Waals surface area contributed by atoms with E-state index in [1.54, 1.807) is 19.3 Å². The summed E-state index contributed by atoms with van der Waals surface area (Å²) >= 11 is 0. The minimum Gasteiger partial charge on any atom is -0.381 e. The van der Waals surface area contributed by atoms with Crippen molar-refractivity contribution in [1.82, 2.24) is 4.98 Å². The maximum atomic E-state index is 11.9. The van der Waals surface area contributed by atoms with Crippen molar-refractivity contribution in [3.8, 4) is 0 Å². The lowest BCUT2D eigenvalue weighted by Crippen LogP contribution is -2.42. The molecule has 0 radical (unpaired) electrons. The number of nitrogens with zero attached hydrogens (tertiary/aromatic N) is 1. The lowest BCUT2D eigenvalue weighted by molar-refractivity contribution is 0.101. The number of hydrogen-bond acceptors (Lipinski definition) is 5. The quantitative estimate of drug-likeness (QED) is 0.731. The van der Waals surface area contributed by atoms with E-state index < -0.39 is 0 Å². The first-order valence-corrected chi connectivity index (χ1v) is 8.47. The normalized spacial score (nSPS) is 20.4. The van der Waals surface area contributed by atoms with E-state index in [-0.39, 0.29) is 17.9 Å². The van der Waals surface area contributed by atoms with Crippen molar-refractivity contribution >= 4 is 22.8 Å². The van der Waals surface area contributed by atoms with Crippen LogP contribution in [0.1, 0.15) is 43.0 Å². The Morgan fingerprint density at radius 2 is 2.04 bits per heavy atom. The third-order valence-electron chi connectivity index (χ3n) is 4.51. The fourth-order valence-corrected chi connectivity index (χ4v) is 3.19. The van der Waals surface area contributed by atoms with Gasteiger partial charge in [0.25, 0.3) is 0 Å². The van der Waals surface area contributed by atoms with E-state index in [1.165, 1.54) is 12.8 Å². The number of aromatic nitrogens is 1. The van der Waals surface area contributed by atoms with Gasteiger partial charge in [-0.2, -0.15) is 0 Å². The molecule has 1 heterocycles. The lowest BCUT2D eigenvalue weighted by atomic mass is 9.91. The van der Waals surface area contributed by atoms with Crippen LogP contribution in [0.15, 0.2) is 42.7 Å². The first kappa shape index (κ1) is 16.5. The zero-order chi connectivity index (χ0) is 16.9. The summed E-state index contributed by atoms with van der Waals surface area (Å²) in [5.74, 6) is 0.0299. The molecule has 126 valence electrons. The molecule has 1 aromatic heterocycles. The molecule has 1 aromatic carbocycles. The SMILES string of the molecule is CC(=O)c1ccc(N[C@@H]2CCCC[C@@H]2N)cc1Nc1cccnc1. The van der Waals surface area contributed by atoms with Crippen LogP contribution in [0.25, 0.3) is 0 Å². The van der Waals surface area contributed by atoms with Crippen LogP contribution >= 0.6 is 0 Å². The molecule has 0 bridgehead atoms. The number of nitrogens with one attached hydrogen (secondary N) is 2. The maximum absolute atomic E-state index is 11.9. The third kappa shape index (κ3) is 3.92. The first-order chi connectivity index (χ1) is 11.6. The Bertz CT molecular complexity index is 702. The third-order valence-corrected chi connectivity index (χ3v) is 4.51. The zero-order valence-electron chi connectivity index (χ0n) is 14.0. The summed E-state index contributed by atoms with van der Waals surface area (Å²) in [6.45, 7) is 1.58. The molecule has 2 atom stereocenters. The Kier molecular flexibility index (Phi) is 5.11. The summed E-state index contributed by atoms with van der Waals surface area (Å²) in [7, 11) is 0. The molecule has 0 spiro atoms. The van der Waals surface area contributed by atoms with E-state index in [0.717, 1.165) is 29.9 Å². The molecule has 0 unspecified atom stereocenters. The van der Waals surface area contributed by atoms with E-state index in [1.807, 2.05) is 30.3 Å². The van der Waals surface area contributed by atoms with Crippen LogP contribution in [0.3, 0.4) is 0 Å². The van der Waals surface area contributed by atoms with Crippen LogP contribution in [0.4, 0.5) is 17.1 Å². The number of benzene rings is 1. The Labute approximate surface area is 142 Å². The van der Waals surface area contributed by atoms with Crippen LogP contribution in [-0.4, -0.2) is 22.9 Å². The van der Waals surface area contributed by atoms with Crippen LogP contribution < -0.4 is 16.4 Å². The topological polar surface area (TPSA) is 80.0 Å². The van der Waals surface area contributed by atoms with Crippen LogP contribution in [-0.2, 0) is 0 Å². The second-order valence-electron chi connectivity index (χ2n) is 6.38. The summed E-state index contributed by atoms with van der Waals surface area (Å²) in [5.41, 5.74) is 9.51. The molecule has 1 aliphatic rings. The minimum atomic E-state index is 0.0299. The number of hydrogen-bond donors (Lipinski definition) is 3. The highest BCUT2D eigenvalue weighted by Crippen LogP contribution is 2.27. The predicted octanol–water partition coefficient (Wildman–Crippen LogP) is 3.71. The number of nitrogens with two attached hydrogens (primary N) is 1.